The van der Waals surface area contributed by atoms with E-state index in [1.165, 1.54) is 11.8 Å². The minimum Gasteiger partial charge on any atom is -0.497 e. The zero-order valence-electron chi connectivity index (χ0n) is 16.0. The Hall–Kier alpha value is -2.51. The summed E-state index contributed by atoms with van der Waals surface area (Å²) >= 11 is 7.48. The summed E-state index contributed by atoms with van der Waals surface area (Å²) in [6, 6.07) is 15.5. The number of aromatic nitrogens is 3. The van der Waals surface area contributed by atoms with Gasteiger partial charge in [0, 0.05) is 11.6 Å². The van der Waals surface area contributed by atoms with Crippen LogP contribution in [0, 0.1) is 0 Å². The van der Waals surface area contributed by atoms with Gasteiger partial charge in [0.2, 0.25) is 5.91 Å². The molecule has 150 valence electrons. The second-order valence-corrected chi connectivity index (χ2v) is 8.15. The van der Waals surface area contributed by atoms with Gasteiger partial charge in [-0.3, -0.25) is 9.36 Å². The Balaban J connectivity index is 1.44. The molecular formula is C21H21ClN4O2S. The molecule has 1 aromatic heterocycles. The van der Waals surface area contributed by atoms with Gasteiger partial charge in [0.05, 0.1) is 24.6 Å². The lowest BCUT2D eigenvalue weighted by Gasteiger charge is -2.25. The van der Waals surface area contributed by atoms with Crippen molar-refractivity contribution in [3.63, 3.8) is 0 Å². The number of rotatable bonds is 6. The van der Waals surface area contributed by atoms with Crippen LogP contribution in [0.15, 0.2) is 60.0 Å². The van der Waals surface area contributed by atoms with Gasteiger partial charge in [-0.05, 0) is 48.7 Å². The minimum absolute atomic E-state index is 0.106. The lowest BCUT2D eigenvalue weighted by atomic mass is 10.0. The highest BCUT2D eigenvalue weighted by Gasteiger charge is 2.30. The van der Waals surface area contributed by atoms with E-state index in [1.807, 2.05) is 58.0 Å². The fourth-order valence-corrected chi connectivity index (χ4v) is 4.57. The maximum absolute atomic E-state index is 13.0. The molecule has 0 N–H and O–H groups in total. The fourth-order valence-electron chi connectivity index (χ4n) is 3.57. The van der Waals surface area contributed by atoms with Crippen molar-refractivity contribution in [1.29, 1.82) is 0 Å². The maximum atomic E-state index is 13.0. The number of hydrogen-bond donors (Lipinski definition) is 0. The summed E-state index contributed by atoms with van der Waals surface area (Å²) in [6.45, 7) is 0.775. The SMILES string of the molecule is COc1ccc(C2CCCN2C(=O)CSc2nncn2-c2cccc(Cl)c2)cc1. The zero-order chi connectivity index (χ0) is 20.2. The van der Waals surface area contributed by atoms with Crippen LogP contribution in [0.3, 0.4) is 0 Å². The van der Waals surface area contributed by atoms with E-state index in [2.05, 4.69) is 10.2 Å². The van der Waals surface area contributed by atoms with Gasteiger partial charge in [0.25, 0.3) is 0 Å². The van der Waals surface area contributed by atoms with Crippen LogP contribution in [0.4, 0.5) is 0 Å². The molecule has 1 amide bonds. The van der Waals surface area contributed by atoms with Gasteiger partial charge in [-0.15, -0.1) is 10.2 Å². The van der Waals surface area contributed by atoms with Crippen LogP contribution in [0.1, 0.15) is 24.4 Å². The average molecular weight is 429 g/mol. The number of amides is 1. The van der Waals surface area contributed by atoms with Crippen molar-refractivity contribution in [2.45, 2.75) is 24.0 Å². The summed E-state index contributed by atoms with van der Waals surface area (Å²) in [5, 5.41) is 9.47. The third kappa shape index (κ3) is 4.41. The molecular weight excluding hydrogens is 408 g/mol. The normalized spacial score (nSPS) is 16.2. The molecule has 1 atom stereocenters. The van der Waals surface area contributed by atoms with Gasteiger partial charge in [-0.2, -0.15) is 0 Å². The van der Waals surface area contributed by atoms with Crippen LogP contribution in [-0.2, 0) is 4.79 Å². The van der Waals surface area contributed by atoms with Crippen molar-refractivity contribution in [2.75, 3.05) is 19.4 Å². The number of halogens is 1. The van der Waals surface area contributed by atoms with E-state index in [0.717, 1.165) is 36.4 Å². The highest BCUT2D eigenvalue weighted by molar-refractivity contribution is 7.99. The molecule has 1 unspecified atom stereocenters. The summed E-state index contributed by atoms with van der Waals surface area (Å²) in [5.74, 6) is 1.24. The number of likely N-dealkylation sites (tertiary alicyclic amines) is 1. The topological polar surface area (TPSA) is 60.2 Å². The Bertz CT molecular complexity index is 992. The van der Waals surface area contributed by atoms with Crippen LogP contribution >= 0.6 is 23.4 Å². The highest BCUT2D eigenvalue weighted by atomic mass is 35.5. The average Bonchev–Trinajstić information content (AvgIpc) is 3.42. The molecule has 0 spiro atoms. The number of thioether (sulfide) groups is 1. The first-order chi connectivity index (χ1) is 14.2. The van der Waals surface area contributed by atoms with Gasteiger partial charge in [-0.25, -0.2) is 0 Å². The maximum Gasteiger partial charge on any atom is 0.233 e. The Kier molecular flexibility index (Phi) is 6.06. The molecule has 6 nitrogen and oxygen atoms in total. The Morgan fingerprint density at radius 2 is 2.10 bits per heavy atom. The number of ether oxygens (including phenoxy) is 1. The fraction of sp³-hybridized carbons (Fsp3) is 0.286. The molecule has 0 radical (unpaired) electrons. The lowest BCUT2D eigenvalue weighted by Crippen LogP contribution is -2.32. The van der Waals surface area contributed by atoms with E-state index < -0.39 is 0 Å². The molecule has 0 aliphatic carbocycles. The van der Waals surface area contributed by atoms with E-state index in [9.17, 15) is 4.79 Å². The summed E-state index contributed by atoms with van der Waals surface area (Å²) in [5.41, 5.74) is 2.01. The molecule has 1 fully saturated rings. The van der Waals surface area contributed by atoms with Crippen LogP contribution in [-0.4, -0.2) is 45.0 Å². The van der Waals surface area contributed by atoms with Crippen molar-refractivity contribution in [3.8, 4) is 11.4 Å². The Morgan fingerprint density at radius 3 is 2.86 bits per heavy atom. The first kappa shape index (κ1) is 19.8. The van der Waals surface area contributed by atoms with Crippen molar-refractivity contribution in [2.24, 2.45) is 0 Å². The second-order valence-electron chi connectivity index (χ2n) is 6.77. The van der Waals surface area contributed by atoms with Crippen LogP contribution in [0.25, 0.3) is 5.69 Å². The van der Waals surface area contributed by atoms with E-state index >= 15 is 0 Å². The van der Waals surface area contributed by atoms with Crippen molar-refractivity contribution in [1.82, 2.24) is 19.7 Å². The standard InChI is InChI=1S/C21H21ClN4O2S/c1-28-18-9-7-15(8-10-18)19-6-3-11-25(19)20(27)13-29-21-24-23-14-26(21)17-5-2-4-16(22)12-17/h2,4-5,7-10,12,14,19H,3,6,11,13H2,1H3. The number of carbonyl (C=O) groups excluding carboxylic acids is 1. The summed E-state index contributed by atoms with van der Waals surface area (Å²) < 4.78 is 7.08. The Labute approximate surface area is 178 Å². The number of carbonyl (C=O) groups is 1. The zero-order valence-corrected chi connectivity index (χ0v) is 17.6. The van der Waals surface area contributed by atoms with E-state index in [1.54, 1.807) is 13.4 Å². The summed E-state index contributed by atoms with van der Waals surface area (Å²) in [4.78, 5) is 14.9. The van der Waals surface area contributed by atoms with Crippen LogP contribution in [0.5, 0.6) is 5.75 Å². The van der Waals surface area contributed by atoms with Gasteiger partial charge in [0.15, 0.2) is 5.16 Å². The Morgan fingerprint density at radius 1 is 1.28 bits per heavy atom. The van der Waals surface area contributed by atoms with Crippen LogP contribution in [0.2, 0.25) is 5.02 Å². The smallest absolute Gasteiger partial charge is 0.233 e. The summed E-state index contributed by atoms with van der Waals surface area (Å²) in [6.07, 6.45) is 3.61. The van der Waals surface area contributed by atoms with Crippen molar-refractivity contribution < 1.29 is 9.53 Å². The van der Waals surface area contributed by atoms with E-state index in [-0.39, 0.29) is 11.9 Å². The van der Waals surface area contributed by atoms with Gasteiger partial charge in [0.1, 0.15) is 12.1 Å². The number of benzene rings is 2. The number of nitrogens with zero attached hydrogens (tertiary/aromatic N) is 4. The van der Waals surface area contributed by atoms with E-state index in [0.29, 0.717) is 15.9 Å². The molecule has 8 heteroatoms. The third-order valence-electron chi connectivity index (χ3n) is 5.00. The molecule has 2 heterocycles. The minimum atomic E-state index is 0.106. The van der Waals surface area contributed by atoms with Gasteiger partial charge >= 0.3 is 0 Å². The molecule has 4 rings (SSSR count). The first-order valence-electron chi connectivity index (χ1n) is 9.38. The molecule has 0 bridgehead atoms. The largest absolute Gasteiger partial charge is 0.497 e. The lowest BCUT2D eigenvalue weighted by molar-refractivity contribution is -0.129. The molecule has 1 aliphatic heterocycles. The molecule has 2 aromatic carbocycles. The summed E-state index contributed by atoms with van der Waals surface area (Å²) in [7, 11) is 1.65. The van der Waals surface area contributed by atoms with Crippen LogP contribution < -0.4 is 4.74 Å². The first-order valence-corrected chi connectivity index (χ1v) is 10.7. The number of methoxy groups -OCH3 is 1. The molecule has 1 saturated heterocycles. The predicted octanol–water partition coefficient (Wildman–Crippen LogP) is 4.39. The second kappa shape index (κ2) is 8.88. The number of hydrogen-bond acceptors (Lipinski definition) is 5. The van der Waals surface area contributed by atoms with Crippen molar-refractivity contribution >= 4 is 29.3 Å². The van der Waals surface area contributed by atoms with Gasteiger partial charge < -0.3 is 9.64 Å². The third-order valence-corrected chi connectivity index (χ3v) is 6.16. The van der Waals surface area contributed by atoms with Crippen molar-refractivity contribution in [3.05, 3.63) is 65.4 Å². The highest BCUT2D eigenvalue weighted by Crippen LogP contribution is 2.33. The molecule has 29 heavy (non-hydrogen) atoms. The molecule has 3 aromatic rings. The van der Waals surface area contributed by atoms with E-state index in [4.69, 9.17) is 16.3 Å². The van der Waals surface area contributed by atoms with Gasteiger partial charge in [-0.1, -0.05) is 41.6 Å². The monoisotopic (exact) mass is 428 g/mol. The quantitative estimate of drug-likeness (QED) is 0.545. The predicted molar refractivity (Wildman–Crippen MR) is 114 cm³/mol. The molecule has 1 aliphatic rings. The molecule has 0 saturated carbocycles.